The van der Waals surface area contributed by atoms with Crippen molar-refractivity contribution in [1.29, 1.82) is 0 Å². The molecular weight excluding hydrogens is 239 g/mol. The monoisotopic (exact) mass is 252 g/mol. The smallest absolute Gasteiger partial charge is 0.229 e. The third-order valence-electron chi connectivity index (χ3n) is 1.79. The second kappa shape index (κ2) is 5.77. The average Bonchev–Trinajstić information content (AvgIpc) is 2.87. The molecule has 1 aromatic heterocycles. The van der Waals surface area contributed by atoms with E-state index < -0.39 is 0 Å². The molecule has 0 saturated heterocycles. The minimum Gasteiger partial charge on any atom is -0.368 e. The third-order valence-corrected chi connectivity index (χ3v) is 1.79. The maximum absolute atomic E-state index is 5.49. The van der Waals surface area contributed by atoms with Crippen LogP contribution in [0.25, 0.3) is 0 Å². The van der Waals surface area contributed by atoms with E-state index >= 15 is 0 Å². The van der Waals surface area contributed by atoms with Gasteiger partial charge in [0.15, 0.2) is 0 Å². The van der Waals surface area contributed by atoms with Gasteiger partial charge in [-0.3, -0.25) is 0 Å². The highest BCUT2D eigenvalue weighted by Gasteiger charge is 2.22. The Morgan fingerprint density at radius 3 is 2.27 bits per heavy atom. The van der Waals surface area contributed by atoms with Crippen molar-refractivity contribution < 1.29 is 0 Å². The van der Waals surface area contributed by atoms with Crippen molar-refractivity contribution in [2.45, 2.75) is 18.9 Å². The summed E-state index contributed by atoms with van der Waals surface area (Å²) in [6.45, 7) is 0. The Kier molecular flexibility index (Phi) is 5.38. The lowest BCUT2D eigenvalue weighted by atomic mass is 10.7. The molecule has 1 saturated carbocycles. The number of hydrogen-bond donors (Lipinski definition) is 3. The molecule has 4 N–H and O–H groups in total. The second-order valence-corrected chi connectivity index (χ2v) is 3.01. The summed E-state index contributed by atoms with van der Waals surface area (Å²) < 4.78 is 0. The molecule has 2 rings (SSSR count). The van der Waals surface area contributed by atoms with Crippen molar-refractivity contribution in [1.82, 2.24) is 15.0 Å². The van der Waals surface area contributed by atoms with Crippen molar-refractivity contribution in [3.63, 3.8) is 0 Å². The van der Waals surface area contributed by atoms with Gasteiger partial charge in [0.1, 0.15) is 0 Å². The van der Waals surface area contributed by atoms with Crippen LogP contribution in [0.5, 0.6) is 0 Å². The Morgan fingerprint density at radius 2 is 1.73 bits per heavy atom. The van der Waals surface area contributed by atoms with Gasteiger partial charge < -0.3 is 16.4 Å². The molecule has 0 aliphatic heterocycles. The number of aromatic nitrogens is 3. The Hall–Kier alpha value is -1.01. The number of nitrogens with two attached hydrogens (primary N) is 1. The third kappa shape index (κ3) is 3.93. The number of halogens is 2. The van der Waals surface area contributed by atoms with Crippen LogP contribution in [-0.2, 0) is 0 Å². The van der Waals surface area contributed by atoms with Crippen LogP contribution in [0.4, 0.5) is 17.8 Å². The van der Waals surface area contributed by atoms with Crippen molar-refractivity contribution in [2.24, 2.45) is 0 Å². The predicted molar refractivity (Wildman–Crippen MR) is 64.9 cm³/mol. The maximum Gasteiger partial charge on any atom is 0.229 e. The van der Waals surface area contributed by atoms with E-state index in [1.807, 2.05) is 0 Å². The van der Waals surface area contributed by atoms with Gasteiger partial charge in [-0.2, -0.15) is 15.0 Å². The summed E-state index contributed by atoms with van der Waals surface area (Å²) in [5.74, 6) is 1.29. The van der Waals surface area contributed by atoms with Crippen molar-refractivity contribution >= 4 is 42.7 Å². The highest BCUT2D eigenvalue weighted by atomic mass is 35.5. The summed E-state index contributed by atoms with van der Waals surface area (Å²) in [7, 11) is 1.75. The fourth-order valence-corrected chi connectivity index (χ4v) is 0.979. The minimum absolute atomic E-state index is 0. The first-order valence-electron chi connectivity index (χ1n) is 4.24. The van der Waals surface area contributed by atoms with Gasteiger partial charge in [0.05, 0.1) is 0 Å². The molecule has 0 radical (unpaired) electrons. The molecule has 0 amide bonds. The van der Waals surface area contributed by atoms with Crippen molar-refractivity contribution in [3.8, 4) is 0 Å². The fourth-order valence-electron chi connectivity index (χ4n) is 0.979. The molecule has 1 aliphatic rings. The highest BCUT2D eigenvalue weighted by Crippen LogP contribution is 2.23. The predicted octanol–water partition coefficient (Wildman–Crippen LogP) is 0.913. The molecular formula is C7H14Cl2N6. The van der Waals surface area contributed by atoms with Crippen LogP contribution in [0, 0.1) is 0 Å². The summed E-state index contributed by atoms with van der Waals surface area (Å²) in [5.41, 5.74) is 5.49. The Morgan fingerprint density at radius 1 is 1.13 bits per heavy atom. The van der Waals surface area contributed by atoms with E-state index in [4.69, 9.17) is 5.73 Å². The van der Waals surface area contributed by atoms with Crippen LogP contribution >= 0.6 is 24.8 Å². The molecule has 1 aromatic rings. The first kappa shape index (κ1) is 14.0. The quantitative estimate of drug-likeness (QED) is 0.742. The SMILES string of the molecule is CNc1nc(N)nc(NC2CC2)n1.Cl.Cl. The van der Waals surface area contributed by atoms with Gasteiger partial charge >= 0.3 is 0 Å². The summed E-state index contributed by atoms with van der Waals surface area (Å²) >= 11 is 0. The largest absolute Gasteiger partial charge is 0.368 e. The molecule has 0 aromatic carbocycles. The topological polar surface area (TPSA) is 88.8 Å². The van der Waals surface area contributed by atoms with Crippen LogP contribution in [-0.4, -0.2) is 28.0 Å². The average molecular weight is 253 g/mol. The summed E-state index contributed by atoms with van der Waals surface area (Å²) in [6, 6.07) is 0.520. The number of nitrogens with one attached hydrogen (secondary N) is 2. The molecule has 0 atom stereocenters. The second-order valence-electron chi connectivity index (χ2n) is 3.01. The van der Waals surface area contributed by atoms with Gasteiger partial charge in [0, 0.05) is 13.1 Å². The van der Waals surface area contributed by atoms with E-state index in [0.717, 1.165) is 0 Å². The van der Waals surface area contributed by atoms with E-state index in [0.29, 0.717) is 17.9 Å². The van der Waals surface area contributed by atoms with Crippen LogP contribution in [0.15, 0.2) is 0 Å². The zero-order valence-corrected chi connectivity index (χ0v) is 9.86. The van der Waals surface area contributed by atoms with E-state index in [2.05, 4.69) is 25.6 Å². The number of nitrogens with zero attached hydrogens (tertiary/aromatic N) is 3. The Labute approximate surface area is 100 Å². The minimum atomic E-state index is 0. The standard InChI is InChI=1S/C7H12N6.2ClH/c1-9-6-11-5(8)12-7(13-6)10-4-2-3-4;;/h4H,2-3H2,1H3,(H4,8,9,10,11,12,13);2*1H. The van der Waals surface area contributed by atoms with Crippen LogP contribution in [0.1, 0.15) is 12.8 Å². The molecule has 8 heteroatoms. The van der Waals surface area contributed by atoms with E-state index in [1.165, 1.54) is 12.8 Å². The van der Waals surface area contributed by atoms with Gasteiger partial charge in [-0.05, 0) is 12.8 Å². The summed E-state index contributed by atoms with van der Waals surface area (Å²) in [4.78, 5) is 12.0. The van der Waals surface area contributed by atoms with E-state index in [9.17, 15) is 0 Å². The number of anilines is 3. The van der Waals surface area contributed by atoms with Gasteiger partial charge in [-0.1, -0.05) is 0 Å². The molecule has 0 spiro atoms. The lowest BCUT2D eigenvalue weighted by Crippen LogP contribution is -2.10. The van der Waals surface area contributed by atoms with Crippen molar-refractivity contribution in [2.75, 3.05) is 23.4 Å². The molecule has 1 aliphatic carbocycles. The van der Waals surface area contributed by atoms with Crippen molar-refractivity contribution in [3.05, 3.63) is 0 Å². The highest BCUT2D eigenvalue weighted by molar-refractivity contribution is 5.85. The molecule has 6 nitrogen and oxygen atoms in total. The Balaban J connectivity index is 0.000000980. The molecule has 15 heavy (non-hydrogen) atoms. The van der Waals surface area contributed by atoms with E-state index in [1.54, 1.807) is 7.05 Å². The lowest BCUT2D eigenvalue weighted by molar-refractivity contribution is 1.01. The normalized spacial score (nSPS) is 13.4. The van der Waals surface area contributed by atoms with Gasteiger partial charge in [-0.15, -0.1) is 24.8 Å². The molecule has 1 heterocycles. The summed E-state index contributed by atoms with van der Waals surface area (Å²) in [5, 5.41) is 5.97. The zero-order chi connectivity index (χ0) is 9.26. The fraction of sp³-hybridized carbons (Fsp3) is 0.571. The van der Waals surface area contributed by atoms with Gasteiger partial charge in [-0.25, -0.2) is 0 Å². The number of nitrogen functional groups attached to an aromatic ring is 1. The summed E-state index contributed by atoms with van der Waals surface area (Å²) in [6.07, 6.45) is 2.36. The lowest BCUT2D eigenvalue weighted by Gasteiger charge is -2.04. The number of hydrogen-bond acceptors (Lipinski definition) is 6. The van der Waals surface area contributed by atoms with Crippen LogP contribution < -0.4 is 16.4 Å². The maximum atomic E-state index is 5.49. The molecule has 0 unspecified atom stereocenters. The number of rotatable bonds is 3. The van der Waals surface area contributed by atoms with E-state index in [-0.39, 0.29) is 30.8 Å². The molecule has 86 valence electrons. The van der Waals surface area contributed by atoms with Gasteiger partial charge in [0.25, 0.3) is 0 Å². The first-order chi connectivity index (χ1) is 6.28. The van der Waals surface area contributed by atoms with Crippen LogP contribution in [0.3, 0.4) is 0 Å². The molecule has 0 bridgehead atoms. The Bertz CT molecular complexity index is 316. The first-order valence-corrected chi connectivity index (χ1v) is 4.24. The molecule has 1 fully saturated rings. The van der Waals surface area contributed by atoms with Crippen LogP contribution in [0.2, 0.25) is 0 Å². The zero-order valence-electron chi connectivity index (χ0n) is 8.23. The van der Waals surface area contributed by atoms with Gasteiger partial charge in [0.2, 0.25) is 17.8 Å².